The van der Waals surface area contributed by atoms with Crippen LogP contribution in [0.15, 0.2) is 24.8 Å². The first-order valence-electron chi connectivity index (χ1n) is 10.2. The van der Waals surface area contributed by atoms with Gasteiger partial charge in [-0.3, -0.25) is 14.3 Å². The molecule has 0 aliphatic carbocycles. The van der Waals surface area contributed by atoms with Crippen LogP contribution in [0.3, 0.4) is 0 Å². The molecule has 0 saturated carbocycles. The molecule has 8 heteroatoms. The number of likely N-dealkylation sites (tertiary alicyclic amines) is 1. The van der Waals surface area contributed by atoms with Gasteiger partial charge in [-0.25, -0.2) is 0 Å². The number of benzene rings is 1. The third kappa shape index (κ3) is 4.61. The Morgan fingerprint density at radius 1 is 1.32 bits per heavy atom. The van der Waals surface area contributed by atoms with Crippen LogP contribution in [0.1, 0.15) is 53.6 Å². The fourth-order valence-electron chi connectivity index (χ4n) is 3.79. The topological polar surface area (TPSA) is 87.5 Å². The van der Waals surface area contributed by atoms with Crippen LogP contribution >= 0.6 is 11.6 Å². The van der Waals surface area contributed by atoms with Crippen LogP contribution in [-0.4, -0.2) is 50.7 Å². The summed E-state index contributed by atoms with van der Waals surface area (Å²) in [6.07, 6.45) is 1.27. The van der Waals surface area contributed by atoms with Gasteiger partial charge in [0.05, 0.1) is 23.8 Å². The summed E-state index contributed by atoms with van der Waals surface area (Å²) >= 11 is 6.33. The molecule has 0 bridgehead atoms. The zero-order chi connectivity index (χ0) is 23.1. The van der Waals surface area contributed by atoms with E-state index >= 15 is 0 Å². The number of nitrogens with zero attached hydrogens (tertiary/aromatic N) is 3. The number of rotatable bonds is 5. The lowest BCUT2D eigenvalue weighted by molar-refractivity contribution is -0.130. The summed E-state index contributed by atoms with van der Waals surface area (Å²) in [6, 6.07) is 3.37. The van der Waals surface area contributed by atoms with Crippen LogP contribution in [0, 0.1) is 13.8 Å². The molecule has 1 aromatic heterocycles. The molecule has 0 radical (unpaired) electrons. The molecule has 1 aliphatic heterocycles. The van der Waals surface area contributed by atoms with Gasteiger partial charge in [0.25, 0.3) is 5.91 Å². The Hall–Kier alpha value is -2.80. The number of phenols is 1. The zero-order valence-electron chi connectivity index (χ0n) is 18.6. The molecule has 0 atom stereocenters. The number of carbonyl (C=O) groups excluding carboxylic acids is 2. The summed E-state index contributed by atoms with van der Waals surface area (Å²) in [4.78, 5) is 26.0. The highest BCUT2D eigenvalue weighted by atomic mass is 35.5. The second-order valence-corrected chi connectivity index (χ2v) is 9.44. The molecule has 3 rings (SSSR count). The van der Waals surface area contributed by atoms with Crippen molar-refractivity contribution in [3.05, 3.63) is 57.9 Å². The van der Waals surface area contributed by atoms with E-state index < -0.39 is 0 Å². The monoisotopic (exact) mass is 444 g/mol. The molecule has 0 unspecified atom stereocenters. The molecule has 1 fully saturated rings. The number of halogens is 1. The minimum atomic E-state index is -0.215. The minimum Gasteiger partial charge on any atom is -0.508 e. The van der Waals surface area contributed by atoms with Crippen LogP contribution in [0.5, 0.6) is 5.75 Å². The molecule has 7 nitrogen and oxygen atoms in total. The van der Waals surface area contributed by atoms with E-state index in [0.29, 0.717) is 47.2 Å². The first-order valence-corrected chi connectivity index (χ1v) is 10.6. The van der Waals surface area contributed by atoms with Crippen molar-refractivity contribution in [3.8, 4) is 5.75 Å². The van der Waals surface area contributed by atoms with Gasteiger partial charge in [0.1, 0.15) is 5.75 Å². The van der Waals surface area contributed by atoms with Gasteiger partial charge in [0.15, 0.2) is 0 Å². The zero-order valence-corrected chi connectivity index (χ0v) is 19.4. The molecular formula is C23H29ClN4O3. The molecule has 2 aromatic rings. The molecule has 2 amide bonds. The summed E-state index contributed by atoms with van der Waals surface area (Å²) in [5.41, 5.74) is 3.27. The van der Waals surface area contributed by atoms with Crippen LogP contribution in [0.25, 0.3) is 0 Å². The lowest BCUT2D eigenvalue weighted by atomic mass is 9.86. The van der Waals surface area contributed by atoms with Gasteiger partial charge in [-0.2, -0.15) is 5.10 Å². The number of nitrogens with one attached hydrogen (secondary N) is 1. The molecular weight excluding hydrogens is 416 g/mol. The van der Waals surface area contributed by atoms with Crippen molar-refractivity contribution in [2.75, 3.05) is 13.1 Å². The molecule has 2 heterocycles. The van der Waals surface area contributed by atoms with Gasteiger partial charge in [-0.1, -0.05) is 39.0 Å². The quantitative estimate of drug-likeness (QED) is 0.692. The Balaban J connectivity index is 1.79. The van der Waals surface area contributed by atoms with Gasteiger partial charge in [0, 0.05) is 29.4 Å². The van der Waals surface area contributed by atoms with Crippen LogP contribution < -0.4 is 5.32 Å². The highest BCUT2D eigenvalue weighted by molar-refractivity contribution is 6.31. The summed E-state index contributed by atoms with van der Waals surface area (Å²) in [6.45, 7) is 14.5. The highest BCUT2D eigenvalue weighted by Crippen LogP contribution is 2.35. The average Bonchev–Trinajstić information content (AvgIpc) is 2.91. The number of hydrogen-bond donors (Lipinski definition) is 2. The largest absolute Gasteiger partial charge is 0.508 e. The van der Waals surface area contributed by atoms with E-state index in [4.69, 9.17) is 11.6 Å². The molecule has 1 aromatic carbocycles. The van der Waals surface area contributed by atoms with E-state index in [9.17, 15) is 14.7 Å². The fraction of sp³-hybridized carbons (Fsp3) is 0.435. The summed E-state index contributed by atoms with van der Waals surface area (Å²) in [7, 11) is 0. The minimum absolute atomic E-state index is 0.0896. The second-order valence-electron chi connectivity index (χ2n) is 9.03. The van der Waals surface area contributed by atoms with E-state index in [2.05, 4.69) is 37.8 Å². The first kappa shape index (κ1) is 22.9. The predicted octanol–water partition coefficient (Wildman–Crippen LogP) is 3.33. The van der Waals surface area contributed by atoms with Crippen LogP contribution in [0.2, 0.25) is 5.02 Å². The van der Waals surface area contributed by atoms with Crippen molar-refractivity contribution in [1.29, 1.82) is 0 Å². The smallest absolute Gasteiger partial charge is 0.255 e. The second kappa shape index (κ2) is 8.38. The predicted molar refractivity (Wildman–Crippen MR) is 121 cm³/mol. The summed E-state index contributed by atoms with van der Waals surface area (Å²) in [5, 5.41) is 18.4. The number of aromatic nitrogens is 2. The van der Waals surface area contributed by atoms with Crippen LogP contribution in [0.4, 0.5) is 0 Å². The van der Waals surface area contributed by atoms with E-state index in [1.807, 2.05) is 13.0 Å². The Morgan fingerprint density at radius 3 is 2.55 bits per heavy atom. The van der Waals surface area contributed by atoms with E-state index in [1.165, 1.54) is 6.08 Å². The van der Waals surface area contributed by atoms with E-state index in [1.54, 1.807) is 22.6 Å². The number of aryl methyl sites for hydroxylation is 1. The fourth-order valence-corrected chi connectivity index (χ4v) is 4.23. The number of aromatic hydroxyl groups is 1. The Morgan fingerprint density at radius 2 is 1.97 bits per heavy atom. The normalized spacial score (nSPS) is 14.3. The summed E-state index contributed by atoms with van der Waals surface area (Å²) in [5.74, 6) is -0.256. The maximum absolute atomic E-state index is 12.8. The Kier molecular flexibility index (Phi) is 6.18. The van der Waals surface area contributed by atoms with Crippen molar-refractivity contribution in [2.45, 2.75) is 52.6 Å². The van der Waals surface area contributed by atoms with Crippen molar-refractivity contribution < 1.29 is 14.7 Å². The average molecular weight is 445 g/mol. The third-order valence-corrected chi connectivity index (χ3v) is 5.92. The lowest BCUT2D eigenvalue weighted by Gasteiger charge is -2.38. The Bertz CT molecular complexity index is 1050. The summed E-state index contributed by atoms with van der Waals surface area (Å²) < 4.78 is 1.72. The van der Waals surface area contributed by atoms with E-state index in [0.717, 1.165) is 5.56 Å². The van der Waals surface area contributed by atoms with Crippen molar-refractivity contribution in [1.82, 2.24) is 20.0 Å². The van der Waals surface area contributed by atoms with Crippen molar-refractivity contribution >= 4 is 23.4 Å². The van der Waals surface area contributed by atoms with Gasteiger partial charge < -0.3 is 15.3 Å². The van der Waals surface area contributed by atoms with Crippen molar-refractivity contribution in [3.63, 3.8) is 0 Å². The third-order valence-electron chi connectivity index (χ3n) is 5.61. The number of hydrogen-bond acceptors (Lipinski definition) is 4. The number of carbonyl (C=O) groups is 2. The molecule has 31 heavy (non-hydrogen) atoms. The highest BCUT2D eigenvalue weighted by Gasteiger charge is 2.32. The lowest BCUT2D eigenvalue weighted by Crippen LogP contribution is -2.60. The molecule has 2 N–H and O–H groups in total. The first-order chi connectivity index (χ1) is 14.4. The van der Waals surface area contributed by atoms with E-state index in [-0.39, 0.29) is 29.0 Å². The standard InChI is InChI=1S/C23H29ClN4O3/c1-7-20(30)27-11-16(12-27)25-22(31)21-13(2)26-28(14(21)3)10-15-8-17(23(4,5)6)18(24)9-19(15)29/h7-9,16,29H,1,10-12H2,2-6H3,(H,25,31). The molecule has 0 spiro atoms. The van der Waals surface area contributed by atoms with Gasteiger partial charge in [-0.05, 0) is 43.0 Å². The SMILES string of the molecule is C=CC(=O)N1CC(NC(=O)c2c(C)nn(Cc3cc(C(C)(C)C)c(Cl)cc3O)c2C)C1. The number of amides is 2. The Labute approximate surface area is 187 Å². The van der Waals surface area contributed by atoms with Gasteiger partial charge in [-0.15, -0.1) is 0 Å². The molecule has 1 saturated heterocycles. The maximum Gasteiger partial charge on any atom is 0.255 e. The maximum atomic E-state index is 12.8. The van der Waals surface area contributed by atoms with Crippen LogP contribution in [-0.2, 0) is 16.8 Å². The molecule has 1 aliphatic rings. The van der Waals surface area contributed by atoms with Crippen molar-refractivity contribution in [2.24, 2.45) is 0 Å². The van der Waals surface area contributed by atoms with Gasteiger partial charge in [0.2, 0.25) is 5.91 Å². The molecule has 166 valence electrons. The number of phenolic OH excluding ortho intramolecular Hbond substituents is 1. The van der Waals surface area contributed by atoms with Gasteiger partial charge >= 0.3 is 0 Å².